The van der Waals surface area contributed by atoms with Crippen molar-refractivity contribution in [1.29, 1.82) is 0 Å². The second-order valence-corrected chi connectivity index (χ2v) is 10.4. The number of amides is 1. The van der Waals surface area contributed by atoms with Gasteiger partial charge in [-0.15, -0.1) is 11.8 Å². The maximum Gasteiger partial charge on any atom is 0.407 e. The number of halogens is 3. The second-order valence-electron chi connectivity index (χ2n) is 9.28. The van der Waals surface area contributed by atoms with Crippen LogP contribution in [0.25, 0.3) is 10.5 Å². The van der Waals surface area contributed by atoms with Gasteiger partial charge in [0.05, 0.1) is 28.9 Å². The molecule has 2 atom stereocenters. The molecule has 7 nitrogen and oxygen atoms in total. The number of alkyl halides is 3. The highest BCUT2D eigenvalue weighted by molar-refractivity contribution is 7.99. The monoisotopic (exact) mass is 541 g/mol. The van der Waals surface area contributed by atoms with Crippen molar-refractivity contribution in [1.82, 2.24) is 4.57 Å². The van der Waals surface area contributed by atoms with Crippen molar-refractivity contribution in [2.75, 3.05) is 11.1 Å². The predicted molar refractivity (Wildman–Crippen MR) is 136 cm³/mol. The van der Waals surface area contributed by atoms with Crippen molar-refractivity contribution in [3.8, 4) is 17.4 Å². The molecule has 2 aromatic carbocycles. The summed E-state index contributed by atoms with van der Waals surface area (Å²) in [6.45, 7) is 10.2. The Balaban J connectivity index is 1.46. The Morgan fingerprint density at radius 3 is 2.45 bits per heavy atom. The molecule has 11 heteroatoms. The summed E-state index contributed by atoms with van der Waals surface area (Å²) in [5.74, 6) is -0.445. The number of carbonyl (C=O) groups excluding carboxylic acids is 1. The minimum absolute atomic E-state index is 0.124. The third kappa shape index (κ3) is 4.10. The van der Waals surface area contributed by atoms with Crippen LogP contribution >= 0.6 is 11.8 Å². The summed E-state index contributed by atoms with van der Waals surface area (Å²) in [6, 6.07) is 10.3. The number of anilines is 1. The molecule has 1 aromatic heterocycles. The Bertz CT molecular complexity index is 1520. The van der Waals surface area contributed by atoms with Gasteiger partial charge in [-0.25, -0.2) is 4.85 Å². The van der Waals surface area contributed by atoms with Crippen molar-refractivity contribution in [3.05, 3.63) is 82.7 Å². The molecule has 1 amide bonds. The van der Waals surface area contributed by atoms with Gasteiger partial charge in [0.25, 0.3) is 0 Å². The summed E-state index contributed by atoms with van der Waals surface area (Å²) in [6.07, 6.45) is -0.797. The first-order valence-corrected chi connectivity index (χ1v) is 12.5. The summed E-state index contributed by atoms with van der Waals surface area (Å²) < 4.78 is 48.0. The molecule has 2 bridgehead atoms. The molecular weight excluding hydrogens is 519 g/mol. The molecule has 2 unspecified atom stereocenters. The fourth-order valence-electron chi connectivity index (χ4n) is 5.08. The molecule has 0 spiro atoms. The molecule has 3 N–H and O–H groups in total. The molecule has 0 radical (unpaired) electrons. The first-order valence-electron chi connectivity index (χ1n) is 11.6. The van der Waals surface area contributed by atoms with Crippen LogP contribution in [-0.2, 0) is 26.9 Å². The van der Waals surface area contributed by atoms with Crippen LogP contribution in [0.1, 0.15) is 37.0 Å². The van der Waals surface area contributed by atoms with Gasteiger partial charge < -0.3 is 20.3 Å². The van der Waals surface area contributed by atoms with Crippen LogP contribution < -0.4 is 5.32 Å². The van der Waals surface area contributed by atoms with E-state index >= 15 is 0 Å². The lowest BCUT2D eigenvalue weighted by molar-refractivity contribution is -0.136. The minimum Gasteiger partial charge on any atom is -0.494 e. The van der Waals surface area contributed by atoms with Crippen LogP contribution in [0.2, 0.25) is 0 Å². The quantitative estimate of drug-likeness (QED) is 0.186. The fraction of sp³-hybridized carbons (Fsp3) is 0.259. The molecule has 3 heterocycles. The van der Waals surface area contributed by atoms with Gasteiger partial charge in [-0.2, -0.15) is 13.2 Å². The highest BCUT2D eigenvalue weighted by Crippen LogP contribution is 2.62. The number of fused-ring (bicyclic) bond motifs is 5. The van der Waals surface area contributed by atoms with E-state index in [0.717, 1.165) is 21.6 Å². The van der Waals surface area contributed by atoms with Crippen molar-refractivity contribution < 1.29 is 32.9 Å². The molecular formula is C27H22F3N3O4S. The number of nitrogens with zero attached hydrogens (tertiary/aromatic N) is 2. The number of hydrogen-bond donors (Lipinski definition) is 3. The van der Waals surface area contributed by atoms with Crippen LogP contribution in [-0.4, -0.2) is 26.4 Å². The van der Waals surface area contributed by atoms with Gasteiger partial charge in [0.1, 0.15) is 11.2 Å². The molecule has 0 saturated heterocycles. The Morgan fingerprint density at radius 2 is 1.82 bits per heavy atom. The lowest BCUT2D eigenvalue weighted by Crippen LogP contribution is -2.23. The van der Waals surface area contributed by atoms with Crippen LogP contribution in [0, 0.1) is 6.57 Å². The number of nitrogens with one attached hydrogen (secondary N) is 1. The van der Waals surface area contributed by atoms with Crippen molar-refractivity contribution in [3.63, 3.8) is 0 Å². The first-order chi connectivity index (χ1) is 17.9. The largest absolute Gasteiger partial charge is 0.494 e. The van der Waals surface area contributed by atoms with E-state index in [0.29, 0.717) is 29.0 Å². The number of ether oxygens (including phenoxy) is 1. The Labute approximate surface area is 220 Å². The molecule has 0 saturated carbocycles. The van der Waals surface area contributed by atoms with Gasteiger partial charge in [-0.1, -0.05) is 6.07 Å². The first kappa shape index (κ1) is 25.8. The van der Waals surface area contributed by atoms with E-state index in [4.69, 9.17) is 11.3 Å². The van der Waals surface area contributed by atoms with Crippen molar-refractivity contribution in [2.45, 2.75) is 42.5 Å². The summed E-state index contributed by atoms with van der Waals surface area (Å²) in [5, 5.41) is 25.0. The van der Waals surface area contributed by atoms with Gasteiger partial charge in [0.15, 0.2) is 5.69 Å². The molecule has 5 rings (SSSR count). The van der Waals surface area contributed by atoms with Gasteiger partial charge in [-0.3, -0.25) is 9.36 Å². The Kier molecular flexibility index (Phi) is 6.00. The average Bonchev–Trinajstić information content (AvgIpc) is 3.43. The zero-order valence-electron chi connectivity index (χ0n) is 20.3. The second kappa shape index (κ2) is 8.85. The number of carbonyl (C=O) groups is 1. The third-order valence-corrected chi connectivity index (χ3v) is 7.70. The molecule has 2 aliphatic heterocycles. The number of hydrogen-bond acceptors (Lipinski definition) is 5. The van der Waals surface area contributed by atoms with E-state index in [1.54, 1.807) is 25.1 Å². The van der Waals surface area contributed by atoms with Gasteiger partial charge in [0.2, 0.25) is 17.7 Å². The lowest BCUT2D eigenvalue weighted by Gasteiger charge is -2.25. The number of aromatic hydroxyl groups is 2. The van der Waals surface area contributed by atoms with E-state index in [9.17, 15) is 28.2 Å². The lowest BCUT2D eigenvalue weighted by atomic mass is 9.83. The zero-order valence-corrected chi connectivity index (χ0v) is 21.1. The van der Waals surface area contributed by atoms with Gasteiger partial charge in [-0.05, 0) is 61.9 Å². The predicted octanol–water partition coefficient (Wildman–Crippen LogP) is 6.61. The van der Waals surface area contributed by atoms with Crippen LogP contribution in [0.3, 0.4) is 0 Å². The van der Waals surface area contributed by atoms with Crippen molar-refractivity contribution in [2.24, 2.45) is 0 Å². The van der Waals surface area contributed by atoms with Crippen LogP contribution in [0.4, 0.5) is 24.5 Å². The van der Waals surface area contributed by atoms with Gasteiger partial charge in [0, 0.05) is 23.3 Å². The van der Waals surface area contributed by atoms with E-state index in [-0.39, 0.29) is 11.6 Å². The van der Waals surface area contributed by atoms with E-state index < -0.39 is 40.4 Å². The Morgan fingerprint density at radius 1 is 1.13 bits per heavy atom. The summed E-state index contributed by atoms with van der Waals surface area (Å²) in [5.41, 5.74) is -2.72. The van der Waals surface area contributed by atoms with Crippen LogP contribution in [0.15, 0.2) is 59.5 Å². The summed E-state index contributed by atoms with van der Waals surface area (Å²) in [7, 11) is 0. The highest BCUT2D eigenvalue weighted by Gasteiger charge is 2.58. The van der Waals surface area contributed by atoms with E-state index in [2.05, 4.69) is 10.2 Å². The number of thioether (sulfide) groups is 1. The van der Waals surface area contributed by atoms with E-state index in [1.807, 2.05) is 18.2 Å². The number of aromatic nitrogens is 1. The van der Waals surface area contributed by atoms with Crippen LogP contribution in [0.5, 0.6) is 11.8 Å². The third-order valence-electron chi connectivity index (χ3n) is 6.69. The number of benzene rings is 2. The van der Waals surface area contributed by atoms with E-state index in [1.165, 1.54) is 24.8 Å². The normalized spacial score (nSPS) is 21.4. The number of rotatable bonds is 6. The molecule has 0 fully saturated rings. The summed E-state index contributed by atoms with van der Waals surface area (Å²) in [4.78, 5) is 15.1. The molecule has 0 aliphatic carbocycles. The SMILES string of the molecule is [C-]#[N+]c1ccc(-n2c(O)c3c(c2O)C2(CCSc4ccc(NC(C)=O)cc4)C=CC3(C)O2)cc1C(F)(F)F. The Hall–Kier alpha value is -3.88. The smallest absolute Gasteiger partial charge is 0.407 e. The van der Waals surface area contributed by atoms with Crippen molar-refractivity contribution >= 4 is 29.0 Å². The van der Waals surface area contributed by atoms with Gasteiger partial charge >= 0.3 is 6.18 Å². The topological polar surface area (TPSA) is 88.1 Å². The minimum atomic E-state index is -4.79. The summed E-state index contributed by atoms with van der Waals surface area (Å²) >= 11 is 1.53. The maximum absolute atomic E-state index is 13.6. The average molecular weight is 542 g/mol. The standard InChI is InChI=1S/C27H22F3N3O4S/c1-15(34)32-16-4-7-18(8-5-16)38-13-12-26-11-10-25(2,37-26)21-22(26)24(36)33(23(21)35)17-6-9-20(31-3)19(14-17)27(28,29)30/h4-11,14,35-36H,12-13H2,1-2H3,(H,32,34). The molecule has 2 aliphatic rings. The molecule has 196 valence electrons. The highest BCUT2D eigenvalue weighted by atomic mass is 32.2. The maximum atomic E-state index is 13.6. The molecule has 3 aromatic rings. The molecule has 38 heavy (non-hydrogen) atoms. The fourth-order valence-corrected chi connectivity index (χ4v) is 6.05. The zero-order chi connectivity index (χ0) is 27.5.